The molecule has 3 fully saturated rings. The maximum Gasteiger partial charge on any atom is 0.220 e. The molecule has 90 valence electrons. The summed E-state index contributed by atoms with van der Waals surface area (Å²) in [5.74, 6) is 1.51. The first-order valence-electron chi connectivity index (χ1n) is 6.68. The van der Waals surface area contributed by atoms with E-state index in [2.05, 4.69) is 0 Å². The largest absolute Gasteiger partial charge is 0.369 e. The average Bonchev–Trinajstić information content (AvgIpc) is 2.84. The predicted octanol–water partition coefficient (Wildman–Crippen LogP) is 1.41. The first-order chi connectivity index (χ1) is 7.63. The van der Waals surface area contributed by atoms with Crippen molar-refractivity contribution in [2.75, 3.05) is 0 Å². The number of hydrogen-bond acceptors (Lipinski definition) is 2. The number of nitrogens with two attached hydrogens (primary N) is 2. The Hall–Kier alpha value is -0.570. The Morgan fingerprint density at radius 3 is 2.69 bits per heavy atom. The van der Waals surface area contributed by atoms with Crippen LogP contribution in [0.15, 0.2) is 0 Å². The Kier molecular flexibility index (Phi) is 2.29. The van der Waals surface area contributed by atoms with Gasteiger partial charge >= 0.3 is 0 Å². The van der Waals surface area contributed by atoms with Crippen LogP contribution in [0, 0.1) is 23.2 Å². The fourth-order valence-electron chi connectivity index (χ4n) is 4.86. The van der Waals surface area contributed by atoms with Crippen molar-refractivity contribution in [2.45, 2.75) is 51.0 Å². The number of primary amides is 1. The van der Waals surface area contributed by atoms with Crippen molar-refractivity contribution >= 4 is 5.91 Å². The minimum atomic E-state index is -0.103. The van der Waals surface area contributed by atoms with Crippen LogP contribution in [0.5, 0.6) is 0 Å². The molecule has 0 aromatic carbocycles. The summed E-state index contributed by atoms with van der Waals surface area (Å²) < 4.78 is 0. The summed E-state index contributed by atoms with van der Waals surface area (Å²) >= 11 is 0. The van der Waals surface area contributed by atoms with Crippen molar-refractivity contribution in [3.8, 4) is 0 Å². The second-order valence-corrected chi connectivity index (χ2v) is 6.22. The van der Waals surface area contributed by atoms with E-state index in [0.717, 1.165) is 31.1 Å². The molecule has 3 unspecified atom stereocenters. The highest BCUT2D eigenvalue weighted by Crippen LogP contribution is 2.61. The quantitative estimate of drug-likeness (QED) is 0.704. The summed E-state index contributed by atoms with van der Waals surface area (Å²) in [6.45, 7) is 0. The van der Waals surface area contributed by atoms with Gasteiger partial charge in [-0.25, -0.2) is 0 Å². The van der Waals surface area contributed by atoms with E-state index in [1.165, 1.54) is 25.7 Å². The van der Waals surface area contributed by atoms with Crippen molar-refractivity contribution in [3.63, 3.8) is 0 Å². The van der Waals surface area contributed by atoms with Crippen LogP contribution < -0.4 is 11.5 Å². The lowest BCUT2D eigenvalue weighted by Gasteiger charge is -2.47. The molecule has 0 saturated heterocycles. The molecule has 0 aromatic rings. The summed E-state index contributed by atoms with van der Waals surface area (Å²) in [6, 6.07) is 0.341. The summed E-state index contributed by atoms with van der Waals surface area (Å²) in [5.41, 5.74) is 12.2. The zero-order chi connectivity index (χ0) is 11.3. The fourth-order valence-corrected chi connectivity index (χ4v) is 4.86. The molecule has 1 spiro atoms. The van der Waals surface area contributed by atoms with Gasteiger partial charge < -0.3 is 11.5 Å². The molecule has 5 atom stereocenters. The molecule has 0 aliphatic heterocycles. The van der Waals surface area contributed by atoms with E-state index >= 15 is 0 Å². The molecular weight excluding hydrogens is 200 g/mol. The normalized spacial score (nSPS) is 51.1. The molecule has 16 heavy (non-hydrogen) atoms. The van der Waals surface area contributed by atoms with Gasteiger partial charge in [0, 0.05) is 12.0 Å². The van der Waals surface area contributed by atoms with E-state index in [1.807, 2.05) is 0 Å². The zero-order valence-corrected chi connectivity index (χ0v) is 9.82. The molecule has 3 aliphatic rings. The Labute approximate surface area is 96.9 Å². The van der Waals surface area contributed by atoms with Gasteiger partial charge in [-0.05, 0) is 55.8 Å². The third-order valence-electron chi connectivity index (χ3n) is 5.68. The van der Waals surface area contributed by atoms with Gasteiger partial charge in [0.1, 0.15) is 0 Å². The Balaban J connectivity index is 1.85. The minimum Gasteiger partial charge on any atom is -0.369 e. The van der Waals surface area contributed by atoms with Crippen LogP contribution in [0.25, 0.3) is 0 Å². The Bertz CT molecular complexity index is 313. The molecule has 3 aliphatic carbocycles. The zero-order valence-electron chi connectivity index (χ0n) is 9.82. The predicted molar refractivity (Wildman–Crippen MR) is 62.4 cm³/mol. The van der Waals surface area contributed by atoms with Crippen LogP contribution in [0.4, 0.5) is 0 Å². The summed E-state index contributed by atoms with van der Waals surface area (Å²) in [6.07, 6.45) is 8.31. The van der Waals surface area contributed by atoms with Gasteiger partial charge in [-0.15, -0.1) is 0 Å². The molecule has 2 bridgehead atoms. The van der Waals surface area contributed by atoms with Gasteiger partial charge in [0.05, 0.1) is 0 Å². The first-order valence-corrected chi connectivity index (χ1v) is 6.68. The van der Waals surface area contributed by atoms with E-state index in [1.54, 1.807) is 0 Å². The highest BCUT2D eigenvalue weighted by atomic mass is 16.1. The van der Waals surface area contributed by atoms with Crippen LogP contribution in [0.1, 0.15) is 44.9 Å². The van der Waals surface area contributed by atoms with E-state index < -0.39 is 0 Å². The molecular formula is C13H22N2O. The molecule has 3 heteroatoms. The van der Waals surface area contributed by atoms with Crippen LogP contribution in [0.2, 0.25) is 0 Å². The number of carbonyl (C=O) groups is 1. The fraction of sp³-hybridized carbons (Fsp3) is 0.923. The van der Waals surface area contributed by atoms with Crippen molar-refractivity contribution < 1.29 is 4.79 Å². The first kappa shape index (κ1) is 10.6. The van der Waals surface area contributed by atoms with Gasteiger partial charge in [0.2, 0.25) is 5.91 Å². The van der Waals surface area contributed by atoms with Gasteiger partial charge in [0.15, 0.2) is 0 Å². The maximum atomic E-state index is 11.4. The average molecular weight is 222 g/mol. The van der Waals surface area contributed by atoms with E-state index in [-0.39, 0.29) is 17.2 Å². The van der Waals surface area contributed by atoms with Crippen molar-refractivity contribution in [2.24, 2.45) is 34.6 Å². The highest BCUT2D eigenvalue weighted by molar-refractivity contribution is 5.76. The topological polar surface area (TPSA) is 69.1 Å². The number of amides is 1. The Morgan fingerprint density at radius 1 is 1.25 bits per heavy atom. The smallest absolute Gasteiger partial charge is 0.220 e. The lowest BCUT2D eigenvalue weighted by Crippen LogP contribution is -2.50. The van der Waals surface area contributed by atoms with Gasteiger partial charge in [-0.3, -0.25) is 4.79 Å². The molecule has 0 heterocycles. The third kappa shape index (κ3) is 1.27. The minimum absolute atomic E-state index is 0.0964. The third-order valence-corrected chi connectivity index (χ3v) is 5.68. The van der Waals surface area contributed by atoms with Crippen molar-refractivity contribution in [3.05, 3.63) is 0 Å². The van der Waals surface area contributed by atoms with Crippen LogP contribution in [-0.2, 0) is 4.79 Å². The summed E-state index contributed by atoms with van der Waals surface area (Å²) in [7, 11) is 0. The number of carbonyl (C=O) groups excluding carboxylic acids is 1. The lowest BCUT2D eigenvalue weighted by atomic mass is 9.59. The van der Waals surface area contributed by atoms with E-state index in [0.29, 0.717) is 6.04 Å². The molecule has 1 amide bonds. The maximum absolute atomic E-state index is 11.4. The van der Waals surface area contributed by atoms with Gasteiger partial charge in [-0.1, -0.05) is 6.42 Å². The van der Waals surface area contributed by atoms with Crippen LogP contribution in [-0.4, -0.2) is 11.9 Å². The Morgan fingerprint density at radius 2 is 2.06 bits per heavy atom. The van der Waals surface area contributed by atoms with Crippen molar-refractivity contribution in [1.82, 2.24) is 0 Å². The molecule has 0 aromatic heterocycles. The summed E-state index contributed by atoms with van der Waals surface area (Å²) in [4.78, 5) is 11.4. The molecule has 3 rings (SSSR count). The van der Waals surface area contributed by atoms with Gasteiger partial charge in [0.25, 0.3) is 0 Å². The van der Waals surface area contributed by atoms with Crippen molar-refractivity contribution in [1.29, 1.82) is 0 Å². The highest BCUT2D eigenvalue weighted by Gasteiger charge is 2.57. The molecule has 3 saturated carbocycles. The SMILES string of the molecule is NC(=O)[C@H]1CCC[C@@]2(C1)C1CCC(C1)C2N. The van der Waals surface area contributed by atoms with Gasteiger partial charge in [-0.2, -0.15) is 0 Å². The number of hydrogen-bond donors (Lipinski definition) is 2. The van der Waals surface area contributed by atoms with E-state index in [9.17, 15) is 4.79 Å². The second-order valence-electron chi connectivity index (χ2n) is 6.22. The second kappa shape index (κ2) is 3.46. The summed E-state index contributed by atoms with van der Waals surface area (Å²) in [5, 5.41) is 0. The molecule has 3 nitrogen and oxygen atoms in total. The van der Waals surface area contributed by atoms with Crippen LogP contribution >= 0.6 is 0 Å². The standard InChI is InChI=1S/C13H22N2O/c14-11-8-3-4-10(6-8)13(11)5-1-2-9(7-13)12(15)16/h8-11H,1-7,14H2,(H2,15,16)/t8?,9-,10?,11?,13+/m0/s1. The number of rotatable bonds is 1. The molecule has 0 radical (unpaired) electrons. The molecule has 4 N–H and O–H groups in total. The van der Waals surface area contributed by atoms with Crippen LogP contribution in [0.3, 0.4) is 0 Å². The van der Waals surface area contributed by atoms with E-state index in [4.69, 9.17) is 11.5 Å². The number of fused-ring (bicyclic) bond motifs is 3. The monoisotopic (exact) mass is 222 g/mol. The lowest BCUT2D eigenvalue weighted by molar-refractivity contribution is -0.125.